The van der Waals surface area contributed by atoms with E-state index in [9.17, 15) is 9.59 Å². The summed E-state index contributed by atoms with van der Waals surface area (Å²) in [4.78, 5) is 22.8. The van der Waals surface area contributed by atoms with Crippen molar-refractivity contribution in [1.82, 2.24) is 10.6 Å². The maximum Gasteiger partial charge on any atom is 0.327 e. The average Bonchev–Trinajstić information content (AvgIpc) is 2.72. The molecule has 0 spiro atoms. The van der Waals surface area contributed by atoms with Crippen molar-refractivity contribution in [2.75, 3.05) is 27.8 Å². The van der Waals surface area contributed by atoms with Gasteiger partial charge in [0.1, 0.15) is 11.6 Å². The third kappa shape index (κ3) is 2.10. The zero-order valence-electron chi connectivity index (χ0n) is 9.12. The lowest BCUT2D eigenvalue weighted by Gasteiger charge is -2.24. The second kappa shape index (κ2) is 4.59. The van der Waals surface area contributed by atoms with Crippen LogP contribution in [0.15, 0.2) is 0 Å². The fourth-order valence-corrected chi connectivity index (χ4v) is 1.74. The van der Waals surface area contributed by atoms with Crippen LogP contribution in [-0.4, -0.2) is 51.3 Å². The third-order valence-corrected chi connectivity index (χ3v) is 2.74. The molecule has 0 radical (unpaired) electrons. The van der Waals surface area contributed by atoms with E-state index in [2.05, 4.69) is 15.4 Å². The molecule has 1 rings (SSSR count). The van der Waals surface area contributed by atoms with Crippen molar-refractivity contribution in [3.05, 3.63) is 0 Å². The second-order valence-corrected chi connectivity index (χ2v) is 3.48. The highest BCUT2D eigenvalue weighted by molar-refractivity contribution is 5.85. The molecule has 0 saturated carbocycles. The molecule has 0 aromatic carbocycles. The summed E-state index contributed by atoms with van der Waals surface area (Å²) in [5, 5.41) is 5.82. The first-order chi connectivity index (χ1) is 7.09. The summed E-state index contributed by atoms with van der Waals surface area (Å²) in [6.07, 6.45) is 0.336. The van der Waals surface area contributed by atoms with Crippen molar-refractivity contribution in [2.45, 2.75) is 18.0 Å². The Labute approximate surface area is 88.3 Å². The first-order valence-electron chi connectivity index (χ1n) is 4.68. The molecular formula is C9H16N2O4. The van der Waals surface area contributed by atoms with Crippen molar-refractivity contribution in [3.8, 4) is 0 Å². The van der Waals surface area contributed by atoms with Crippen LogP contribution in [0.5, 0.6) is 0 Å². The van der Waals surface area contributed by atoms with Crippen LogP contribution in [0.4, 0.5) is 0 Å². The second-order valence-electron chi connectivity index (χ2n) is 3.48. The molecule has 6 heteroatoms. The van der Waals surface area contributed by atoms with Gasteiger partial charge in [0.25, 0.3) is 0 Å². The van der Waals surface area contributed by atoms with Crippen molar-refractivity contribution < 1.29 is 19.1 Å². The zero-order chi connectivity index (χ0) is 11.5. The van der Waals surface area contributed by atoms with E-state index in [-0.39, 0.29) is 11.9 Å². The Bertz CT molecular complexity index is 269. The Morgan fingerprint density at radius 2 is 2.07 bits per heavy atom. The number of rotatable bonds is 3. The van der Waals surface area contributed by atoms with Crippen LogP contribution in [0.25, 0.3) is 0 Å². The molecule has 0 bridgehead atoms. The van der Waals surface area contributed by atoms with E-state index in [0.717, 1.165) is 0 Å². The van der Waals surface area contributed by atoms with Gasteiger partial charge in [-0.3, -0.25) is 9.59 Å². The van der Waals surface area contributed by atoms with Gasteiger partial charge >= 0.3 is 11.9 Å². The molecule has 1 heterocycles. The topological polar surface area (TPSA) is 76.7 Å². The van der Waals surface area contributed by atoms with Crippen LogP contribution >= 0.6 is 0 Å². The molecule has 15 heavy (non-hydrogen) atoms. The van der Waals surface area contributed by atoms with Crippen LogP contribution in [0, 0.1) is 0 Å². The highest BCUT2D eigenvalue weighted by Gasteiger charge is 2.47. The number of likely N-dealkylation sites (N-methyl/N-ethyl adjacent to an activating group) is 1. The highest BCUT2D eigenvalue weighted by Crippen LogP contribution is 2.21. The number of nitrogens with one attached hydrogen (secondary N) is 2. The molecule has 1 aliphatic heterocycles. The number of hydrogen-bond acceptors (Lipinski definition) is 6. The Hall–Kier alpha value is -1.14. The summed E-state index contributed by atoms with van der Waals surface area (Å²) in [6, 6.07) is -0.457. The minimum absolute atomic E-state index is 0.336. The molecule has 6 nitrogen and oxygen atoms in total. The molecule has 86 valence electrons. The monoisotopic (exact) mass is 216 g/mol. The van der Waals surface area contributed by atoms with Crippen molar-refractivity contribution in [1.29, 1.82) is 0 Å². The highest BCUT2D eigenvalue weighted by atomic mass is 16.5. The molecule has 2 atom stereocenters. The lowest BCUT2D eigenvalue weighted by atomic mass is 9.96. The summed E-state index contributed by atoms with van der Waals surface area (Å²) < 4.78 is 9.30. The lowest BCUT2D eigenvalue weighted by molar-refractivity contribution is -0.148. The molecule has 1 aliphatic rings. The Balaban J connectivity index is 2.73. The third-order valence-electron chi connectivity index (χ3n) is 2.74. The predicted molar refractivity (Wildman–Crippen MR) is 52.2 cm³/mol. The SMILES string of the molecule is CN[C@]1(C(=O)OC)CN[C@H](C(=O)OC)C1. The van der Waals surface area contributed by atoms with Crippen LogP contribution in [0.1, 0.15) is 6.42 Å². The molecule has 2 N–H and O–H groups in total. The van der Waals surface area contributed by atoms with Crippen LogP contribution in [0.3, 0.4) is 0 Å². The Kier molecular flexibility index (Phi) is 3.65. The van der Waals surface area contributed by atoms with Crippen LogP contribution in [0.2, 0.25) is 0 Å². The van der Waals surface area contributed by atoms with Gasteiger partial charge in [-0.1, -0.05) is 0 Å². The van der Waals surface area contributed by atoms with Gasteiger partial charge < -0.3 is 20.1 Å². The average molecular weight is 216 g/mol. The van der Waals surface area contributed by atoms with E-state index in [1.165, 1.54) is 14.2 Å². The molecular weight excluding hydrogens is 200 g/mol. The summed E-state index contributed by atoms with van der Waals surface area (Å²) in [6.45, 7) is 0.357. The van der Waals surface area contributed by atoms with Crippen LogP contribution < -0.4 is 10.6 Å². The first-order valence-corrected chi connectivity index (χ1v) is 4.68. The van der Waals surface area contributed by atoms with E-state index in [4.69, 9.17) is 4.74 Å². The minimum atomic E-state index is -0.826. The van der Waals surface area contributed by atoms with Crippen molar-refractivity contribution in [2.24, 2.45) is 0 Å². The van der Waals surface area contributed by atoms with Gasteiger partial charge in [0, 0.05) is 13.0 Å². The fraction of sp³-hybridized carbons (Fsp3) is 0.778. The summed E-state index contributed by atoms with van der Waals surface area (Å²) >= 11 is 0. The van der Waals surface area contributed by atoms with Gasteiger partial charge in [0.2, 0.25) is 0 Å². The molecule has 0 amide bonds. The summed E-state index contributed by atoms with van der Waals surface area (Å²) in [5.41, 5.74) is -0.826. The van der Waals surface area contributed by atoms with E-state index < -0.39 is 11.6 Å². The molecule has 0 unspecified atom stereocenters. The number of carbonyl (C=O) groups is 2. The zero-order valence-corrected chi connectivity index (χ0v) is 9.12. The van der Waals surface area contributed by atoms with Crippen molar-refractivity contribution in [3.63, 3.8) is 0 Å². The van der Waals surface area contributed by atoms with E-state index in [1.54, 1.807) is 7.05 Å². The molecule has 1 saturated heterocycles. The first kappa shape index (κ1) is 11.9. The van der Waals surface area contributed by atoms with E-state index >= 15 is 0 Å². The standard InChI is InChI=1S/C9H16N2O4/c1-10-9(8(13)15-3)4-6(11-5-9)7(12)14-2/h6,10-11H,4-5H2,1-3H3/t6-,9-/m0/s1. The van der Waals surface area contributed by atoms with Gasteiger partial charge in [-0.25, -0.2) is 0 Å². The fourth-order valence-electron chi connectivity index (χ4n) is 1.74. The lowest BCUT2D eigenvalue weighted by Crippen LogP contribution is -2.52. The molecule has 0 aromatic rings. The smallest absolute Gasteiger partial charge is 0.327 e. The molecule has 1 fully saturated rings. The van der Waals surface area contributed by atoms with Gasteiger partial charge in [0.05, 0.1) is 14.2 Å². The van der Waals surface area contributed by atoms with E-state index in [1.807, 2.05) is 0 Å². The summed E-state index contributed by atoms with van der Waals surface area (Å²) in [7, 11) is 4.31. The maximum absolute atomic E-state index is 11.5. The quantitative estimate of drug-likeness (QED) is 0.568. The van der Waals surface area contributed by atoms with Gasteiger partial charge in [-0.15, -0.1) is 0 Å². The number of carbonyl (C=O) groups excluding carboxylic acids is 2. The Morgan fingerprint density at radius 1 is 1.40 bits per heavy atom. The Morgan fingerprint density at radius 3 is 2.53 bits per heavy atom. The predicted octanol–water partition coefficient (Wildman–Crippen LogP) is -1.35. The number of ether oxygens (including phenoxy) is 2. The van der Waals surface area contributed by atoms with Gasteiger partial charge in [0.15, 0.2) is 0 Å². The molecule has 0 aliphatic carbocycles. The normalized spacial score (nSPS) is 29.9. The van der Waals surface area contributed by atoms with Gasteiger partial charge in [-0.05, 0) is 7.05 Å². The summed E-state index contributed by atoms with van der Waals surface area (Å²) in [5.74, 6) is -0.736. The molecule has 0 aromatic heterocycles. The number of esters is 2. The maximum atomic E-state index is 11.5. The van der Waals surface area contributed by atoms with Gasteiger partial charge in [-0.2, -0.15) is 0 Å². The van der Waals surface area contributed by atoms with E-state index in [0.29, 0.717) is 13.0 Å². The number of hydrogen-bond donors (Lipinski definition) is 2. The minimum Gasteiger partial charge on any atom is -0.468 e. The number of methoxy groups -OCH3 is 2. The van der Waals surface area contributed by atoms with Crippen molar-refractivity contribution >= 4 is 11.9 Å². The largest absolute Gasteiger partial charge is 0.468 e. The van der Waals surface area contributed by atoms with Crippen LogP contribution in [-0.2, 0) is 19.1 Å².